The summed E-state index contributed by atoms with van der Waals surface area (Å²) in [5.41, 5.74) is 1.78. The largest absolute Gasteiger partial charge is 0.449 e. The van der Waals surface area contributed by atoms with Gasteiger partial charge < -0.3 is 4.74 Å². The number of hydrazine groups is 1. The molecule has 33 heavy (non-hydrogen) atoms. The van der Waals surface area contributed by atoms with Gasteiger partial charge in [0.1, 0.15) is 0 Å². The van der Waals surface area contributed by atoms with Gasteiger partial charge in [-0.15, -0.1) is 0 Å². The van der Waals surface area contributed by atoms with Crippen LogP contribution in [-0.4, -0.2) is 24.2 Å². The topological polar surface area (TPSA) is 80.5 Å². The number of unbranched alkanes of at least 4 members (excludes halogenated alkanes) is 5. The number of carbonyl (C=O) groups excluding carboxylic acids is 1. The van der Waals surface area contributed by atoms with Crippen LogP contribution < -0.4 is 16.2 Å². The molecule has 0 bridgehead atoms. The molecule has 3 aromatic carbocycles. The van der Waals surface area contributed by atoms with Crippen molar-refractivity contribution in [1.29, 1.82) is 0 Å². The van der Waals surface area contributed by atoms with Crippen LogP contribution in [0.4, 0.5) is 15.6 Å². The number of aromatic nitrogens is 1. The summed E-state index contributed by atoms with van der Waals surface area (Å²) < 4.78 is 6.51. The molecule has 7 heteroatoms. The van der Waals surface area contributed by atoms with Crippen molar-refractivity contribution in [3.8, 4) is 0 Å². The van der Waals surface area contributed by atoms with Crippen molar-refractivity contribution in [3.05, 3.63) is 66.7 Å². The van der Waals surface area contributed by atoms with Crippen molar-refractivity contribution in [1.82, 2.24) is 4.98 Å². The van der Waals surface area contributed by atoms with Crippen molar-refractivity contribution in [3.63, 3.8) is 0 Å². The summed E-state index contributed by atoms with van der Waals surface area (Å²) in [5, 5.41) is 7.58. The maximum absolute atomic E-state index is 12.1. The van der Waals surface area contributed by atoms with Crippen LogP contribution in [0.25, 0.3) is 21.0 Å². The Kier molecular flexibility index (Phi) is 8.11. The van der Waals surface area contributed by atoms with Crippen LogP contribution in [0.15, 0.2) is 66.7 Å². The molecule has 0 atom stereocenters. The number of nitrogens with two attached hydrogens (primary N) is 1. The first-order chi connectivity index (χ1) is 16.2. The number of anilines is 2. The number of rotatable bonds is 11. The summed E-state index contributed by atoms with van der Waals surface area (Å²) in [5.74, 6) is 6.18. The first kappa shape index (κ1) is 23.0. The summed E-state index contributed by atoms with van der Waals surface area (Å²) in [6.45, 7) is 1.24. The smallest absolute Gasteiger partial charge is 0.411 e. The third-order valence-electron chi connectivity index (χ3n) is 5.58. The number of hydrogen-bond acceptors (Lipinski definition) is 6. The number of amides is 1. The highest BCUT2D eigenvalue weighted by molar-refractivity contribution is 7.22. The highest BCUT2D eigenvalue weighted by atomic mass is 32.1. The van der Waals surface area contributed by atoms with Gasteiger partial charge in [-0.1, -0.05) is 85.6 Å². The standard InChI is InChI=1S/C26H30N4O2S/c27-30(25-28-23-15-7-8-17-24(23)33-25)18-9-3-1-2-4-10-19-32-26(31)29-22-16-11-13-20-12-5-6-14-21(20)22/h5-8,11-17H,1-4,9-10,18-19,27H2,(H,29,31). The van der Waals surface area contributed by atoms with Crippen LogP contribution in [-0.2, 0) is 4.74 Å². The number of para-hydroxylation sites is 1. The summed E-state index contributed by atoms with van der Waals surface area (Å²) >= 11 is 1.63. The zero-order valence-electron chi connectivity index (χ0n) is 18.7. The normalized spacial score (nSPS) is 11.1. The molecule has 1 heterocycles. The number of nitrogens with zero attached hydrogens (tertiary/aromatic N) is 2. The van der Waals surface area contributed by atoms with E-state index in [-0.39, 0.29) is 0 Å². The molecule has 4 rings (SSSR count). The maximum atomic E-state index is 12.1. The molecule has 0 aliphatic heterocycles. The Bertz CT molecular complexity index is 1150. The minimum absolute atomic E-state index is 0.399. The van der Waals surface area contributed by atoms with E-state index in [2.05, 4.69) is 16.4 Å². The molecule has 172 valence electrons. The van der Waals surface area contributed by atoms with Crippen LogP contribution in [0.5, 0.6) is 0 Å². The number of ether oxygens (including phenoxy) is 1. The molecule has 0 aliphatic rings. The summed E-state index contributed by atoms with van der Waals surface area (Å²) in [7, 11) is 0. The minimum Gasteiger partial charge on any atom is -0.449 e. The van der Waals surface area contributed by atoms with E-state index in [0.717, 1.165) is 76.9 Å². The van der Waals surface area contributed by atoms with Crippen molar-refractivity contribution in [2.75, 3.05) is 23.5 Å². The fraction of sp³-hybridized carbons (Fsp3) is 0.308. The molecule has 0 saturated heterocycles. The molecule has 0 spiro atoms. The first-order valence-electron chi connectivity index (χ1n) is 11.5. The average Bonchev–Trinajstić information content (AvgIpc) is 3.28. The van der Waals surface area contributed by atoms with Gasteiger partial charge in [0.05, 0.1) is 22.5 Å². The summed E-state index contributed by atoms with van der Waals surface area (Å²) in [6, 6.07) is 21.9. The Balaban J connectivity index is 1.05. The Morgan fingerprint density at radius 1 is 0.909 bits per heavy atom. The lowest BCUT2D eigenvalue weighted by Crippen LogP contribution is -2.31. The quantitative estimate of drug-likeness (QED) is 0.147. The Morgan fingerprint density at radius 2 is 1.64 bits per heavy atom. The zero-order chi connectivity index (χ0) is 22.9. The predicted molar refractivity (Wildman–Crippen MR) is 138 cm³/mol. The maximum Gasteiger partial charge on any atom is 0.411 e. The first-order valence-corrected chi connectivity index (χ1v) is 12.3. The molecule has 0 saturated carbocycles. The summed E-state index contributed by atoms with van der Waals surface area (Å²) in [4.78, 5) is 16.7. The van der Waals surface area contributed by atoms with Crippen LogP contribution in [0.1, 0.15) is 38.5 Å². The fourth-order valence-corrected chi connectivity index (χ4v) is 4.73. The van der Waals surface area contributed by atoms with Gasteiger partial charge in [-0.3, -0.25) is 10.3 Å². The van der Waals surface area contributed by atoms with Gasteiger partial charge in [-0.25, -0.2) is 15.6 Å². The molecular formula is C26H30N4O2S. The highest BCUT2D eigenvalue weighted by Crippen LogP contribution is 2.27. The van der Waals surface area contributed by atoms with Gasteiger partial charge in [-0.2, -0.15) is 0 Å². The molecule has 0 unspecified atom stereocenters. The second-order valence-electron chi connectivity index (χ2n) is 8.07. The lowest BCUT2D eigenvalue weighted by atomic mass is 10.1. The average molecular weight is 463 g/mol. The fourth-order valence-electron chi connectivity index (χ4n) is 3.82. The SMILES string of the molecule is NN(CCCCCCCCOC(=O)Nc1cccc2ccccc12)c1nc2ccccc2s1. The van der Waals surface area contributed by atoms with E-state index < -0.39 is 6.09 Å². The van der Waals surface area contributed by atoms with E-state index in [0.29, 0.717) is 6.61 Å². The van der Waals surface area contributed by atoms with Gasteiger partial charge in [-0.05, 0) is 36.4 Å². The minimum atomic E-state index is -0.399. The lowest BCUT2D eigenvalue weighted by molar-refractivity contribution is 0.159. The molecule has 6 nitrogen and oxygen atoms in total. The molecule has 1 aromatic heterocycles. The molecule has 3 N–H and O–H groups in total. The Hall–Kier alpha value is -3.16. The third kappa shape index (κ3) is 6.43. The van der Waals surface area contributed by atoms with E-state index in [1.54, 1.807) is 16.3 Å². The number of hydrogen-bond donors (Lipinski definition) is 2. The van der Waals surface area contributed by atoms with E-state index >= 15 is 0 Å². The lowest BCUT2D eigenvalue weighted by Gasteiger charge is -2.14. The molecule has 4 aromatic rings. The number of carbonyl (C=O) groups is 1. The van der Waals surface area contributed by atoms with Crippen molar-refractivity contribution in [2.45, 2.75) is 38.5 Å². The zero-order valence-corrected chi connectivity index (χ0v) is 19.5. The van der Waals surface area contributed by atoms with Crippen molar-refractivity contribution >= 4 is 49.2 Å². The second-order valence-corrected chi connectivity index (χ2v) is 9.08. The van der Waals surface area contributed by atoms with Gasteiger partial charge in [0, 0.05) is 11.9 Å². The van der Waals surface area contributed by atoms with Gasteiger partial charge in [0.15, 0.2) is 0 Å². The van der Waals surface area contributed by atoms with Gasteiger partial charge >= 0.3 is 6.09 Å². The molecule has 1 amide bonds. The number of nitrogens with one attached hydrogen (secondary N) is 1. The Labute approximate surface area is 198 Å². The molecule has 0 radical (unpaired) electrons. The van der Waals surface area contributed by atoms with Gasteiger partial charge in [0.25, 0.3) is 0 Å². The van der Waals surface area contributed by atoms with Gasteiger partial charge in [0.2, 0.25) is 5.13 Å². The van der Waals surface area contributed by atoms with Crippen LogP contribution in [0.2, 0.25) is 0 Å². The van der Waals surface area contributed by atoms with E-state index in [1.165, 1.54) is 0 Å². The molecular weight excluding hydrogens is 432 g/mol. The van der Waals surface area contributed by atoms with Crippen LogP contribution in [0, 0.1) is 0 Å². The Morgan fingerprint density at radius 3 is 2.52 bits per heavy atom. The number of fused-ring (bicyclic) bond motifs is 2. The summed E-state index contributed by atoms with van der Waals surface area (Å²) in [6.07, 6.45) is 5.96. The van der Waals surface area contributed by atoms with Crippen LogP contribution >= 0.6 is 11.3 Å². The second kappa shape index (κ2) is 11.6. The molecule has 0 aliphatic carbocycles. The van der Waals surface area contributed by atoms with Crippen LogP contribution in [0.3, 0.4) is 0 Å². The van der Waals surface area contributed by atoms with E-state index in [4.69, 9.17) is 10.6 Å². The van der Waals surface area contributed by atoms with Crippen molar-refractivity contribution in [2.24, 2.45) is 5.84 Å². The van der Waals surface area contributed by atoms with E-state index in [9.17, 15) is 4.79 Å². The van der Waals surface area contributed by atoms with E-state index in [1.807, 2.05) is 60.7 Å². The van der Waals surface area contributed by atoms with Crippen molar-refractivity contribution < 1.29 is 9.53 Å². The number of benzene rings is 3. The highest BCUT2D eigenvalue weighted by Gasteiger charge is 2.08. The number of thiazole rings is 1. The monoisotopic (exact) mass is 462 g/mol. The molecule has 0 fully saturated rings. The predicted octanol–water partition coefficient (Wildman–Crippen LogP) is 6.72. The third-order valence-corrected chi connectivity index (χ3v) is 6.65.